The van der Waals surface area contributed by atoms with Crippen molar-refractivity contribution in [1.82, 2.24) is 0 Å². The Morgan fingerprint density at radius 2 is 1.00 bits per heavy atom. The lowest BCUT2D eigenvalue weighted by Gasteiger charge is -2.28. The Bertz CT molecular complexity index is 684. The molecule has 0 heterocycles. The lowest BCUT2D eigenvalue weighted by molar-refractivity contribution is -0.888. The molecule has 200 valence electrons. The van der Waals surface area contributed by atoms with Crippen LogP contribution in [-0.2, 0) is 10.1 Å². The second kappa shape index (κ2) is 20.3. The SMILES string of the molecule is CCCCCCCCCCCCCCCCCC[N+](C)(C)CC.Cc1ccc(S(=O)(=O)[O-])cc1. The number of unbranched alkanes of at least 4 members (excludes halogenated alkanes) is 15. The molecule has 4 nitrogen and oxygen atoms in total. The molecule has 0 aliphatic heterocycles. The first kappa shape index (κ1) is 33.1. The van der Waals surface area contributed by atoms with Crippen LogP contribution in [0.2, 0.25) is 0 Å². The first-order valence-electron chi connectivity index (χ1n) is 14.0. The highest BCUT2D eigenvalue weighted by molar-refractivity contribution is 7.85. The molecular formula is C29H55NO3S. The highest BCUT2D eigenvalue weighted by atomic mass is 32.2. The lowest BCUT2D eigenvalue weighted by atomic mass is 10.0. The molecule has 0 atom stereocenters. The average molecular weight is 498 g/mol. The minimum Gasteiger partial charge on any atom is -0.744 e. The predicted octanol–water partition coefficient (Wildman–Crippen LogP) is 8.24. The van der Waals surface area contributed by atoms with Crippen molar-refractivity contribution in [3.8, 4) is 0 Å². The summed E-state index contributed by atoms with van der Waals surface area (Å²) in [7, 11) is 0.435. The quantitative estimate of drug-likeness (QED) is 0.110. The van der Waals surface area contributed by atoms with E-state index < -0.39 is 10.1 Å². The second-order valence-corrected chi connectivity index (χ2v) is 11.9. The normalized spacial score (nSPS) is 11.8. The van der Waals surface area contributed by atoms with E-state index in [4.69, 9.17) is 0 Å². The molecule has 1 aromatic carbocycles. The number of hydrogen-bond donors (Lipinski definition) is 0. The van der Waals surface area contributed by atoms with Gasteiger partial charge in [0.25, 0.3) is 0 Å². The van der Waals surface area contributed by atoms with Crippen LogP contribution >= 0.6 is 0 Å². The molecule has 0 aromatic heterocycles. The van der Waals surface area contributed by atoms with E-state index in [9.17, 15) is 13.0 Å². The summed E-state index contributed by atoms with van der Waals surface area (Å²) in [5, 5.41) is 0. The molecule has 0 radical (unpaired) electrons. The number of benzene rings is 1. The first-order chi connectivity index (χ1) is 16.1. The van der Waals surface area contributed by atoms with E-state index in [-0.39, 0.29) is 4.90 Å². The van der Waals surface area contributed by atoms with Crippen molar-refractivity contribution in [1.29, 1.82) is 0 Å². The van der Waals surface area contributed by atoms with Crippen molar-refractivity contribution in [3.63, 3.8) is 0 Å². The van der Waals surface area contributed by atoms with Gasteiger partial charge in [0.05, 0.1) is 32.1 Å². The van der Waals surface area contributed by atoms with Crippen LogP contribution in [0.1, 0.15) is 122 Å². The van der Waals surface area contributed by atoms with Gasteiger partial charge in [-0.25, -0.2) is 8.42 Å². The van der Waals surface area contributed by atoms with Crippen LogP contribution in [0, 0.1) is 6.92 Å². The molecule has 0 spiro atoms. The molecule has 0 amide bonds. The van der Waals surface area contributed by atoms with Crippen molar-refractivity contribution in [2.24, 2.45) is 0 Å². The summed E-state index contributed by atoms with van der Waals surface area (Å²) < 4.78 is 32.4. The van der Waals surface area contributed by atoms with Gasteiger partial charge >= 0.3 is 0 Å². The molecule has 0 aliphatic carbocycles. The zero-order valence-corrected chi connectivity index (χ0v) is 23.9. The molecule has 5 heteroatoms. The highest BCUT2D eigenvalue weighted by Gasteiger charge is 2.09. The molecule has 34 heavy (non-hydrogen) atoms. The minimum absolute atomic E-state index is 0.178. The summed E-state index contributed by atoms with van der Waals surface area (Å²) in [5.41, 5.74) is 0.928. The van der Waals surface area contributed by atoms with E-state index in [0.717, 1.165) is 5.56 Å². The Morgan fingerprint density at radius 1 is 0.647 bits per heavy atom. The van der Waals surface area contributed by atoms with Crippen molar-refractivity contribution < 1.29 is 17.5 Å². The molecule has 0 N–H and O–H groups in total. The maximum Gasteiger partial charge on any atom is 0.124 e. The minimum atomic E-state index is -4.27. The first-order valence-corrected chi connectivity index (χ1v) is 15.4. The summed E-state index contributed by atoms with van der Waals surface area (Å²) in [4.78, 5) is -0.178. The van der Waals surface area contributed by atoms with E-state index in [1.807, 2.05) is 6.92 Å². The number of quaternary nitrogens is 1. The van der Waals surface area contributed by atoms with Crippen LogP contribution in [0.3, 0.4) is 0 Å². The highest BCUT2D eigenvalue weighted by Crippen LogP contribution is 2.14. The second-order valence-electron chi connectivity index (χ2n) is 10.5. The van der Waals surface area contributed by atoms with Gasteiger partial charge in [-0.1, -0.05) is 115 Å². The van der Waals surface area contributed by atoms with Gasteiger partial charge in [-0.2, -0.15) is 0 Å². The van der Waals surface area contributed by atoms with Crippen LogP contribution in [-0.4, -0.2) is 44.6 Å². The summed E-state index contributed by atoms with van der Waals surface area (Å²) in [6, 6.07) is 5.78. The van der Waals surface area contributed by atoms with Crippen LogP contribution in [0.25, 0.3) is 0 Å². The summed E-state index contributed by atoms with van der Waals surface area (Å²) in [6.07, 6.45) is 23.4. The number of nitrogens with zero attached hydrogens (tertiary/aromatic N) is 1. The van der Waals surface area contributed by atoms with Crippen LogP contribution < -0.4 is 0 Å². The van der Waals surface area contributed by atoms with E-state index >= 15 is 0 Å². The van der Waals surface area contributed by atoms with Gasteiger partial charge in [-0.05, 0) is 38.8 Å². The lowest BCUT2D eigenvalue weighted by Crippen LogP contribution is -2.39. The van der Waals surface area contributed by atoms with E-state index in [1.54, 1.807) is 12.1 Å². The largest absolute Gasteiger partial charge is 0.744 e. The molecule has 0 unspecified atom stereocenters. The Hall–Kier alpha value is -0.910. The Labute approximate surface area is 212 Å². The molecule has 0 aliphatic rings. The van der Waals surface area contributed by atoms with Crippen LogP contribution in [0.15, 0.2) is 29.2 Å². The van der Waals surface area contributed by atoms with Gasteiger partial charge in [0, 0.05) is 0 Å². The van der Waals surface area contributed by atoms with Crippen LogP contribution in [0.4, 0.5) is 0 Å². The Morgan fingerprint density at radius 3 is 1.32 bits per heavy atom. The Kier molecular flexibility index (Phi) is 19.8. The third-order valence-corrected chi connectivity index (χ3v) is 7.63. The molecule has 0 bridgehead atoms. The maximum absolute atomic E-state index is 10.4. The van der Waals surface area contributed by atoms with Gasteiger partial charge in [-0.3, -0.25) is 0 Å². The fourth-order valence-corrected chi connectivity index (χ4v) is 4.42. The van der Waals surface area contributed by atoms with Crippen LogP contribution in [0.5, 0.6) is 0 Å². The summed E-state index contributed by atoms with van der Waals surface area (Å²) in [6.45, 7) is 9.04. The molecule has 1 aromatic rings. The zero-order valence-electron chi connectivity index (χ0n) is 23.1. The molecule has 0 fully saturated rings. The van der Waals surface area contributed by atoms with Gasteiger partial charge < -0.3 is 9.04 Å². The fraction of sp³-hybridized carbons (Fsp3) is 0.793. The Balaban J connectivity index is 0.000000818. The fourth-order valence-electron chi connectivity index (χ4n) is 3.95. The van der Waals surface area contributed by atoms with Crippen molar-refractivity contribution in [2.75, 3.05) is 27.2 Å². The van der Waals surface area contributed by atoms with Gasteiger partial charge in [0.15, 0.2) is 0 Å². The van der Waals surface area contributed by atoms with Gasteiger partial charge in [-0.15, -0.1) is 0 Å². The monoisotopic (exact) mass is 497 g/mol. The van der Waals surface area contributed by atoms with E-state index in [0.29, 0.717) is 0 Å². The van der Waals surface area contributed by atoms with E-state index in [1.165, 1.54) is 132 Å². The average Bonchev–Trinajstić information content (AvgIpc) is 2.79. The zero-order chi connectivity index (χ0) is 25.7. The predicted molar refractivity (Wildman–Crippen MR) is 146 cm³/mol. The molecule has 0 saturated heterocycles. The van der Waals surface area contributed by atoms with Crippen molar-refractivity contribution >= 4 is 10.1 Å². The number of hydrogen-bond acceptors (Lipinski definition) is 3. The maximum atomic E-state index is 10.4. The number of aryl methyl sites for hydroxylation is 1. The summed E-state index contributed by atoms with van der Waals surface area (Å²) in [5.74, 6) is 0. The third kappa shape index (κ3) is 20.5. The standard InChI is InChI=1S/C22H48N.C7H8O3S/c1-5-7-8-9-10-11-12-13-14-15-16-17-18-19-20-21-22-23(3,4)6-2;1-6-2-4-7(5-3-6)11(8,9)10/h5-22H2,1-4H3;2-5H,1H3,(H,8,9,10)/q+1;/p-1. The number of rotatable bonds is 19. The van der Waals surface area contributed by atoms with Gasteiger partial charge in [0.2, 0.25) is 0 Å². The van der Waals surface area contributed by atoms with E-state index in [2.05, 4.69) is 27.9 Å². The summed E-state index contributed by atoms with van der Waals surface area (Å²) >= 11 is 0. The molecule has 1 rings (SSSR count). The molecule has 0 saturated carbocycles. The third-order valence-electron chi connectivity index (χ3n) is 6.78. The smallest absolute Gasteiger partial charge is 0.124 e. The molecular weight excluding hydrogens is 442 g/mol. The van der Waals surface area contributed by atoms with Crippen molar-refractivity contribution in [3.05, 3.63) is 29.8 Å². The van der Waals surface area contributed by atoms with Gasteiger partial charge in [0.1, 0.15) is 10.1 Å². The topological polar surface area (TPSA) is 57.2 Å². The van der Waals surface area contributed by atoms with Crippen molar-refractivity contribution in [2.45, 2.75) is 128 Å².